The summed E-state index contributed by atoms with van der Waals surface area (Å²) in [4.78, 5) is 0.211. The quantitative estimate of drug-likeness (QED) is 0.907. The summed E-state index contributed by atoms with van der Waals surface area (Å²) < 4.78 is 27.6. The predicted octanol–water partition coefficient (Wildman–Crippen LogP) is 3.22. The fourth-order valence-corrected chi connectivity index (χ4v) is 3.57. The van der Waals surface area contributed by atoms with Crippen LogP contribution in [0.4, 0.5) is 5.69 Å². The number of halogens is 1. The summed E-state index contributed by atoms with van der Waals surface area (Å²) in [5, 5.41) is 0.358. The van der Waals surface area contributed by atoms with Crippen molar-refractivity contribution in [1.29, 1.82) is 0 Å². The Bertz CT molecular complexity index is 773. The molecule has 0 aromatic heterocycles. The number of hydrogen-bond acceptors (Lipinski definition) is 3. The molecule has 21 heavy (non-hydrogen) atoms. The molecule has 0 fully saturated rings. The van der Waals surface area contributed by atoms with Crippen molar-refractivity contribution in [3.63, 3.8) is 0 Å². The summed E-state index contributed by atoms with van der Waals surface area (Å²) in [6.45, 7) is 3.90. The molecule has 2 rings (SSSR count). The third-order valence-electron chi connectivity index (χ3n) is 3.14. The highest BCUT2D eigenvalue weighted by atomic mass is 35.5. The standard InChI is InChI=1S/C15H17ClN2O2S/c1-10-3-6-13(16)14(7-10)18-21(19,20)15-8-12(9-17)5-4-11(15)2/h3-8,18H,9,17H2,1-2H3. The maximum absolute atomic E-state index is 12.5. The van der Waals surface area contributed by atoms with Gasteiger partial charge in [-0.15, -0.1) is 0 Å². The van der Waals surface area contributed by atoms with Crippen molar-refractivity contribution in [3.8, 4) is 0 Å². The number of aryl methyl sites for hydroxylation is 2. The number of sulfonamides is 1. The van der Waals surface area contributed by atoms with Crippen LogP contribution in [0.15, 0.2) is 41.3 Å². The second-order valence-electron chi connectivity index (χ2n) is 4.89. The molecule has 112 valence electrons. The summed E-state index contributed by atoms with van der Waals surface area (Å²) in [5.41, 5.74) is 8.28. The lowest BCUT2D eigenvalue weighted by molar-refractivity contribution is 0.600. The Morgan fingerprint density at radius 3 is 2.52 bits per heavy atom. The zero-order valence-corrected chi connectivity index (χ0v) is 13.4. The van der Waals surface area contributed by atoms with Crippen LogP contribution >= 0.6 is 11.6 Å². The molecular weight excluding hydrogens is 308 g/mol. The number of rotatable bonds is 4. The maximum Gasteiger partial charge on any atom is 0.262 e. The lowest BCUT2D eigenvalue weighted by Gasteiger charge is -2.13. The van der Waals surface area contributed by atoms with Crippen LogP contribution in [0.1, 0.15) is 16.7 Å². The maximum atomic E-state index is 12.5. The van der Waals surface area contributed by atoms with Crippen molar-refractivity contribution in [2.24, 2.45) is 5.73 Å². The third-order valence-corrected chi connectivity index (χ3v) is 4.98. The minimum atomic E-state index is -3.71. The molecular formula is C15H17ClN2O2S. The molecule has 2 aromatic rings. The van der Waals surface area contributed by atoms with Crippen LogP contribution < -0.4 is 10.5 Å². The number of anilines is 1. The van der Waals surface area contributed by atoms with Crippen molar-refractivity contribution >= 4 is 27.3 Å². The van der Waals surface area contributed by atoms with E-state index in [-0.39, 0.29) is 11.4 Å². The van der Waals surface area contributed by atoms with E-state index in [0.29, 0.717) is 16.3 Å². The summed E-state index contributed by atoms with van der Waals surface area (Å²) >= 11 is 6.04. The van der Waals surface area contributed by atoms with Gasteiger partial charge in [-0.05, 0) is 48.7 Å². The highest BCUT2D eigenvalue weighted by molar-refractivity contribution is 7.92. The van der Waals surface area contributed by atoms with Gasteiger partial charge in [-0.25, -0.2) is 8.42 Å². The minimum absolute atomic E-state index is 0.211. The van der Waals surface area contributed by atoms with Gasteiger partial charge in [-0.3, -0.25) is 4.72 Å². The summed E-state index contributed by atoms with van der Waals surface area (Å²) in [7, 11) is -3.71. The molecule has 0 bridgehead atoms. The molecule has 4 nitrogen and oxygen atoms in total. The van der Waals surface area contributed by atoms with E-state index in [2.05, 4.69) is 4.72 Å². The first kappa shape index (κ1) is 15.8. The second-order valence-corrected chi connectivity index (χ2v) is 6.95. The topological polar surface area (TPSA) is 72.2 Å². The van der Waals surface area contributed by atoms with Crippen LogP contribution in [-0.4, -0.2) is 8.42 Å². The van der Waals surface area contributed by atoms with Crippen LogP contribution in [0, 0.1) is 13.8 Å². The molecule has 0 amide bonds. The number of hydrogen-bond donors (Lipinski definition) is 2. The lowest BCUT2D eigenvalue weighted by Crippen LogP contribution is -2.15. The molecule has 0 unspecified atom stereocenters. The fraction of sp³-hybridized carbons (Fsp3) is 0.200. The molecule has 3 N–H and O–H groups in total. The average Bonchev–Trinajstić information content (AvgIpc) is 2.43. The minimum Gasteiger partial charge on any atom is -0.326 e. The van der Waals surface area contributed by atoms with Crippen molar-refractivity contribution in [2.45, 2.75) is 25.3 Å². The van der Waals surface area contributed by atoms with Crippen LogP contribution in [0.2, 0.25) is 5.02 Å². The van der Waals surface area contributed by atoms with Crippen molar-refractivity contribution in [2.75, 3.05) is 4.72 Å². The van der Waals surface area contributed by atoms with Crippen LogP contribution in [0.25, 0.3) is 0 Å². The van der Waals surface area contributed by atoms with E-state index >= 15 is 0 Å². The zero-order valence-electron chi connectivity index (χ0n) is 11.9. The smallest absolute Gasteiger partial charge is 0.262 e. The molecule has 0 aliphatic carbocycles. The molecule has 0 aliphatic rings. The SMILES string of the molecule is Cc1ccc(Cl)c(NS(=O)(=O)c2cc(CN)ccc2C)c1. The van der Waals surface area contributed by atoms with Gasteiger partial charge >= 0.3 is 0 Å². The van der Waals surface area contributed by atoms with E-state index in [1.807, 2.05) is 19.1 Å². The predicted molar refractivity (Wildman–Crippen MR) is 86.1 cm³/mol. The Hall–Kier alpha value is -1.56. The molecule has 0 saturated carbocycles. The van der Waals surface area contributed by atoms with Gasteiger partial charge in [-0.1, -0.05) is 29.8 Å². The first-order chi connectivity index (χ1) is 9.83. The van der Waals surface area contributed by atoms with Crippen molar-refractivity contribution < 1.29 is 8.42 Å². The average molecular weight is 325 g/mol. The van der Waals surface area contributed by atoms with Gasteiger partial charge in [0.05, 0.1) is 15.6 Å². The molecule has 0 heterocycles. The van der Waals surface area contributed by atoms with E-state index in [0.717, 1.165) is 11.1 Å². The van der Waals surface area contributed by atoms with Gasteiger partial charge < -0.3 is 5.73 Å². The summed E-state index contributed by atoms with van der Waals surface area (Å²) in [6, 6.07) is 10.3. The van der Waals surface area contributed by atoms with Gasteiger partial charge in [0.2, 0.25) is 0 Å². The fourth-order valence-electron chi connectivity index (χ4n) is 1.98. The first-order valence-corrected chi connectivity index (χ1v) is 8.28. The van der Waals surface area contributed by atoms with Crippen molar-refractivity contribution in [1.82, 2.24) is 0 Å². The Labute approximate surface area is 130 Å². The Kier molecular flexibility index (Phi) is 4.56. The number of benzene rings is 2. The Morgan fingerprint density at radius 2 is 1.86 bits per heavy atom. The van der Waals surface area contributed by atoms with Crippen LogP contribution in [0.5, 0.6) is 0 Å². The molecule has 0 atom stereocenters. The monoisotopic (exact) mass is 324 g/mol. The van der Waals surface area contributed by atoms with E-state index in [1.165, 1.54) is 0 Å². The van der Waals surface area contributed by atoms with Crippen LogP contribution in [-0.2, 0) is 16.6 Å². The highest BCUT2D eigenvalue weighted by Crippen LogP contribution is 2.27. The van der Waals surface area contributed by atoms with E-state index in [1.54, 1.807) is 31.2 Å². The summed E-state index contributed by atoms with van der Waals surface area (Å²) in [5.74, 6) is 0. The van der Waals surface area contributed by atoms with Gasteiger partial charge in [0.25, 0.3) is 10.0 Å². The molecule has 0 aliphatic heterocycles. The first-order valence-electron chi connectivity index (χ1n) is 6.42. The molecule has 0 spiro atoms. The summed E-state index contributed by atoms with van der Waals surface area (Å²) in [6.07, 6.45) is 0. The molecule has 6 heteroatoms. The largest absolute Gasteiger partial charge is 0.326 e. The van der Waals surface area contributed by atoms with Gasteiger partial charge in [0.1, 0.15) is 0 Å². The Morgan fingerprint density at radius 1 is 1.14 bits per heavy atom. The normalized spacial score (nSPS) is 11.4. The molecule has 2 aromatic carbocycles. The van der Waals surface area contributed by atoms with E-state index in [4.69, 9.17) is 17.3 Å². The number of nitrogens with two attached hydrogens (primary N) is 1. The number of nitrogens with one attached hydrogen (secondary N) is 1. The second kappa shape index (κ2) is 6.05. The zero-order chi connectivity index (χ0) is 15.6. The van der Waals surface area contributed by atoms with E-state index in [9.17, 15) is 8.42 Å². The highest BCUT2D eigenvalue weighted by Gasteiger charge is 2.18. The molecule has 0 saturated heterocycles. The van der Waals surface area contributed by atoms with Crippen LogP contribution in [0.3, 0.4) is 0 Å². The van der Waals surface area contributed by atoms with Crippen molar-refractivity contribution in [3.05, 3.63) is 58.1 Å². The molecule has 0 radical (unpaired) electrons. The third kappa shape index (κ3) is 3.56. The van der Waals surface area contributed by atoms with Gasteiger partial charge in [0, 0.05) is 6.54 Å². The Balaban J connectivity index is 2.45. The lowest BCUT2D eigenvalue weighted by atomic mass is 10.1. The van der Waals surface area contributed by atoms with Gasteiger partial charge in [0.15, 0.2) is 0 Å². The van der Waals surface area contributed by atoms with E-state index < -0.39 is 10.0 Å². The van der Waals surface area contributed by atoms with Gasteiger partial charge in [-0.2, -0.15) is 0 Å².